The van der Waals surface area contributed by atoms with Crippen LogP contribution in [0.3, 0.4) is 0 Å². The van der Waals surface area contributed by atoms with Gasteiger partial charge >= 0.3 is 0 Å². The van der Waals surface area contributed by atoms with Crippen LogP contribution in [-0.4, -0.2) is 59.2 Å². The molecule has 3 amide bonds. The van der Waals surface area contributed by atoms with Crippen molar-refractivity contribution in [3.63, 3.8) is 0 Å². The molecule has 0 aliphatic carbocycles. The van der Waals surface area contributed by atoms with Crippen molar-refractivity contribution in [3.8, 4) is 0 Å². The first-order chi connectivity index (χ1) is 11.3. The molecule has 1 unspecified atom stereocenters. The normalized spacial score (nSPS) is 22.6. The third-order valence-electron chi connectivity index (χ3n) is 4.93. The highest BCUT2D eigenvalue weighted by atomic mass is 16.2. The lowest BCUT2D eigenvalue weighted by molar-refractivity contribution is -0.133. The average molecular weight is 337 g/mol. The van der Waals surface area contributed by atoms with E-state index in [9.17, 15) is 14.4 Å². The van der Waals surface area contributed by atoms with Crippen LogP contribution in [-0.2, 0) is 14.4 Å². The summed E-state index contributed by atoms with van der Waals surface area (Å²) in [4.78, 5) is 40.1. The molecule has 0 aromatic rings. The molecule has 0 aromatic carbocycles. The first kappa shape index (κ1) is 18.7. The van der Waals surface area contributed by atoms with Crippen LogP contribution >= 0.6 is 0 Å². The Kier molecular flexibility index (Phi) is 6.24. The van der Waals surface area contributed by atoms with Crippen molar-refractivity contribution in [2.45, 2.75) is 65.5 Å². The predicted molar refractivity (Wildman–Crippen MR) is 92.2 cm³/mol. The van der Waals surface area contributed by atoms with Gasteiger partial charge in [-0.05, 0) is 32.6 Å². The number of amides is 3. The van der Waals surface area contributed by atoms with Gasteiger partial charge in [0.05, 0.1) is 5.92 Å². The number of hydrogen-bond donors (Lipinski definition) is 1. The van der Waals surface area contributed by atoms with Crippen LogP contribution in [0.5, 0.6) is 0 Å². The number of hydrogen-bond acceptors (Lipinski definition) is 3. The smallest absolute Gasteiger partial charge is 0.225 e. The molecule has 6 nitrogen and oxygen atoms in total. The van der Waals surface area contributed by atoms with Gasteiger partial charge in [0, 0.05) is 44.6 Å². The molecule has 0 radical (unpaired) electrons. The van der Waals surface area contributed by atoms with Gasteiger partial charge in [-0.2, -0.15) is 0 Å². The highest BCUT2D eigenvalue weighted by Crippen LogP contribution is 2.21. The van der Waals surface area contributed by atoms with Crippen LogP contribution in [0, 0.1) is 11.8 Å². The number of rotatable bonds is 5. The quantitative estimate of drug-likeness (QED) is 0.824. The predicted octanol–water partition coefficient (Wildman–Crippen LogP) is 1.40. The summed E-state index contributed by atoms with van der Waals surface area (Å²) in [6.07, 6.45) is 2.50. The lowest BCUT2D eigenvalue weighted by atomic mass is 10.0. The molecule has 0 aromatic heterocycles. The molecule has 2 heterocycles. The fraction of sp³-hybridized carbons (Fsp3) is 0.833. The zero-order chi connectivity index (χ0) is 17.9. The number of carbonyl (C=O) groups excluding carboxylic acids is 3. The molecule has 2 rings (SSSR count). The Labute approximate surface area is 144 Å². The second-order valence-electron chi connectivity index (χ2n) is 7.80. The Bertz CT molecular complexity index is 482. The summed E-state index contributed by atoms with van der Waals surface area (Å²) in [5.41, 5.74) is 0. The Morgan fingerprint density at radius 2 is 1.79 bits per heavy atom. The lowest BCUT2D eigenvalue weighted by Gasteiger charge is -2.33. The maximum absolute atomic E-state index is 12.4. The molecular weight excluding hydrogens is 306 g/mol. The van der Waals surface area contributed by atoms with Crippen LogP contribution in [0.15, 0.2) is 0 Å². The van der Waals surface area contributed by atoms with E-state index in [-0.39, 0.29) is 35.7 Å². The van der Waals surface area contributed by atoms with E-state index in [1.807, 2.05) is 32.6 Å². The number of nitrogens with one attached hydrogen (secondary N) is 1. The van der Waals surface area contributed by atoms with E-state index in [2.05, 4.69) is 5.32 Å². The molecule has 2 aliphatic heterocycles. The van der Waals surface area contributed by atoms with Crippen molar-refractivity contribution in [2.75, 3.05) is 19.6 Å². The van der Waals surface area contributed by atoms with Crippen LogP contribution in [0.25, 0.3) is 0 Å². The van der Waals surface area contributed by atoms with E-state index in [1.54, 1.807) is 4.90 Å². The topological polar surface area (TPSA) is 69.7 Å². The zero-order valence-electron chi connectivity index (χ0n) is 15.4. The molecule has 6 heteroatoms. The molecule has 2 saturated heterocycles. The minimum absolute atomic E-state index is 0.0153. The summed E-state index contributed by atoms with van der Waals surface area (Å²) in [7, 11) is 0. The van der Waals surface area contributed by atoms with Gasteiger partial charge in [0.15, 0.2) is 0 Å². The third kappa shape index (κ3) is 4.71. The van der Waals surface area contributed by atoms with Crippen LogP contribution in [0.1, 0.15) is 53.4 Å². The van der Waals surface area contributed by atoms with Gasteiger partial charge in [-0.3, -0.25) is 14.4 Å². The van der Waals surface area contributed by atoms with Crippen molar-refractivity contribution < 1.29 is 14.4 Å². The molecule has 136 valence electrons. The van der Waals surface area contributed by atoms with Crippen LogP contribution in [0.4, 0.5) is 0 Å². The Hall–Kier alpha value is -1.59. The maximum Gasteiger partial charge on any atom is 0.225 e. The van der Waals surface area contributed by atoms with Gasteiger partial charge in [-0.15, -0.1) is 0 Å². The van der Waals surface area contributed by atoms with E-state index < -0.39 is 0 Å². The van der Waals surface area contributed by atoms with Gasteiger partial charge in [0.2, 0.25) is 17.7 Å². The van der Waals surface area contributed by atoms with E-state index in [0.29, 0.717) is 38.4 Å². The van der Waals surface area contributed by atoms with E-state index in [4.69, 9.17) is 0 Å². The van der Waals surface area contributed by atoms with E-state index >= 15 is 0 Å². The fourth-order valence-electron chi connectivity index (χ4n) is 3.48. The number of piperidine rings is 1. The zero-order valence-corrected chi connectivity index (χ0v) is 15.4. The van der Waals surface area contributed by atoms with Gasteiger partial charge < -0.3 is 15.1 Å². The first-order valence-corrected chi connectivity index (χ1v) is 9.15. The number of nitrogens with zero attached hydrogens (tertiary/aromatic N) is 2. The molecular formula is C18H31N3O3. The van der Waals surface area contributed by atoms with E-state index in [0.717, 1.165) is 12.8 Å². The summed E-state index contributed by atoms with van der Waals surface area (Å²) < 4.78 is 0. The Morgan fingerprint density at radius 3 is 2.29 bits per heavy atom. The summed E-state index contributed by atoms with van der Waals surface area (Å²) in [6, 6.07) is 0.259. The molecule has 2 aliphatic rings. The van der Waals surface area contributed by atoms with Crippen molar-refractivity contribution in [2.24, 2.45) is 11.8 Å². The first-order valence-electron chi connectivity index (χ1n) is 9.15. The molecule has 1 atom stereocenters. The third-order valence-corrected chi connectivity index (χ3v) is 4.93. The SMILES string of the molecule is CC(C)CC(=O)N1CCC(NC(=O)C2CC(=O)N(C(C)C)C2)CC1. The van der Waals surface area contributed by atoms with Gasteiger partial charge in [-0.25, -0.2) is 0 Å². The fourth-order valence-corrected chi connectivity index (χ4v) is 3.48. The molecule has 1 N–H and O–H groups in total. The second kappa shape index (κ2) is 7.99. The Morgan fingerprint density at radius 1 is 1.17 bits per heavy atom. The average Bonchev–Trinajstić information content (AvgIpc) is 2.89. The number of carbonyl (C=O) groups is 3. The summed E-state index contributed by atoms with van der Waals surface area (Å²) in [5, 5.41) is 3.09. The van der Waals surface area contributed by atoms with E-state index in [1.165, 1.54) is 0 Å². The van der Waals surface area contributed by atoms with Crippen LogP contribution in [0.2, 0.25) is 0 Å². The maximum atomic E-state index is 12.4. The lowest BCUT2D eigenvalue weighted by Crippen LogP contribution is -2.48. The molecule has 0 saturated carbocycles. The minimum Gasteiger partial charge on any atom is -0.353 e. The Balaban J connectivity index is 1.77. The largest absolute Gasteiger partial charge is 0.353 e. The van der Waals surface area contributed by atoms with Gasteiger partial charge in [0.25, 0.3) is 0 Å². The molecule has 24 heavy (non-hydrogen) atoms. The van der Waals surface area contributed by atoms with Crippen molar-refractivity contribution in [1.29, 1.82) is 0 Å². The monoisotopic (exact) mass is 337 g/mol. The second-order valence-corrected chi connectivity index (χ2v) is 7.80. The van der Waals surface area contributed by atoms with Gasteiger partial charge in [-0.1, -0.05) is 13.8 Å². The standard InChI is InChI=1S/C18H31N3O3/c1-12(2)9-16(22)20-7-5-15(6-8-20)19-18(24)14-10-17(23)21(11-14)13(3)4/h12-15H,5-11H2,1-4H3,(H,19,24). The summed E-state index contributed by atoms with van der Waals surface area (Å²) in [5.74, 6) is 0.403. The highest BCUT2D eigenvalue weighted by molar-refractivity contribution is 5.89. The summed E-state index contributed by atoms with van der Waals surface area (Å²) in [6.45, 7) is 9.98. The number of likely N-dealkylation sites (tertiary alicyclic amines) is 2. The highest BCUT2D eigenvalue weighted by Gasteiger charge is 2.36. The van der Waals surface area contributed by atoms with Crippen LogP contribution < -0.4 is 5.32 Å². The van der Waals surface area contributed by atoms with Gasteiger partial charge in [0.1, 0.15) is 0 Å². The molecule has 2 fully saturated rings. The van der Waals surface area contributed by atoms with Crippen molar-refractivity contribution in [3.05, 3.63) is 0 Å². The van der Waals surface area contributed by atoms with Crippen molar-refractivity contribution in [1.82, 2.24) is 15.1 Å². The minimum atomic E-state index is -0.236. The molecule has 0 bridgehead atoms. The summed E-state index contributed by atoms with van der Waals surface area (Å²) >= 11 is 0. The van der Waals surface area contributed by atoms with Crippen molar-refractivity contribution >= 4 is 17.7 Å². The molecule has 0 spiro atoms.